The van der Waals surface area contributed by atoms with Crippen LogP contribution in [0.15, 0.2) is 42.5 Å². The summed E-state index contributed by atoms with van der Waals surface area (Å²) in [5.74, 6) is 0.546. The molecule has 0 heterocycles. The highest BCUT2D eigenvalue weighted by Gasteiger charge is 2.05. The molecule has 0 aliphatic carbocycles. The van der Waals surface area contributed by atoms with Crippen LogP contribution >= 0.6 is 0 Å². The van der Waals surface area contributed by atoms with Gasteiger partial charge in [0.2, 0.25) is 5.91 Å². The summed E-state index contributed by atoms with van der Waals surface area (Å²) in [5, 5.41) is 14.9. The number of carbonyl (C=O) groups excluding carboxylic acids is 1. The van der Waals surface area contributed by atoms with Gasteiger partial charge in [-0.2, -0.15) is 0 Å². The average molecular weight is 315 g/mol. The van der Waals surface area contributed by atoms with Gasteiger partial charge in [-0.25, -0.2) is 0 Å². The van der Waals surface area contributed by atoms with E-state index in [1.165, 1.54) is 6.92 Å². The van der Waals surface area contributed by atoms with Gasteiger partial charge in [-0.15, -0.1) is 0 Å². The van der Waals surface area contributed by atoms with E-state index in [1.54, 1.807) is 18.2 Å². The van der Waals surface area contributed by atoms with Gasteiger partial charge in [-0.05, 0) is 35.9 Å². The maximum absolute atomic E-state index is 11.0. The maximum atomic E-state index is 11.0. The Labute approximate surface area is 135 Å². The third-order valence-corrected chi connectivity index (χ3v) is 3.11. The zero-order valence-corrected chi connectivity index (χ0v) is 13.0. The van der Waals surface area contributed by atoms with Gasteiger partial charge in [0.15, 0.2) is 0 Å². The van der Waals surface area contributed by atoms with Crippen molar-refractivity contribution in [2.75, 3.05) is 29.6 Å². The molecular weight excluding hydrogens is 294 g/mol. The summed E-state index contributed by atoms with van der Waals surface area (Å²) in [5.41, 5.74) is 9.02. The summed E-state index contributed by atoms with van der Waals surface area (Å²) in [6.07, 6.45) is 0. The second-order valence-electron chi connectivity index (χ2n) is 5.06. The first-order valence-corrected chi connectivity index (χ1v) is 7.32. The monoisotopic (exact) mass is 315 g/mol. The van der Waals surface area contributed by atoms with Crippen LogP contribution in [0.25, 0.3) is 0 Å². The number of nitrogens with two attached hydrogens (primary N) is 1. The predicted molar refractivity (Wildman–Crippen MR) is 91.5 cm³/mol. The van der Waals surface area contributed by atoms with Crippen molar-refractivity contribution in [3.8, 4) is 5.75 Å². The number of amides is 1. The summed E-state index contributed by atoms with van der Waals surface area (Å²) >= 11 is 0. The number of hydrogen-bond donors (Lipinski definition) is 4. The number of nitrogen functional groups attached to an aromatic ring is 1. The van der Waals surface area contributed by atoms with E-state index in [2.05, 4.69) is 10.6 Å². The van der Waals surface area contributed by atoms with Crippen molar-refractivity contribution < 1.29 is 14.6 Å². The van der Waals surface area contributed by atoms with Crippen molar-refractivity contribution in [2.24, 2.45) is 0 Å². The molecule has 6 heteroatoms. The van der Waals surface area contributed by atoms with Crippen LogP contribution in [0.4, 0.5) is 17.1 Å². The molecule has 0 aliphatic rings. The zero-order valence-electron chi connectivity index (χ0n) is 13.0. The third-order valence-electron chi connectivity index (χ3n) is 3.11. The van der Waals surface area contributed by atoms with Gasteiger partial charge in [0, 0.05) is 24.8 Å². The number of benzene rings is 2. The largest absolute Gasteiger partial charge is 0.489 e. The zero-order chi connectivity index (χ0) is 16.7. The first-order chi connectivity index (χ1) is 11.1. The van der Waals surface area contributed by atoms with Crippen molar-refractivity contribution in [1.82, 2.24) is 0 Å². The lowest BCUT2D eigenvalue weighted by molar-refractivity contribution is -0.114. The highest BCUT2D eigenvalue weighted by molar-refractivity contribution is 5.88. The smallest absolute Gasteiger partial charge is 0.221 e. The number of aliphatic hydroxyl groups excluding tert-OH is 1. The Bertz CT molecular complexity index is 657. The molecule has 122 valence electrons. The van der Waals surface area contributed by atoms with Crippen molar-refractivity contribution >= 4 is 23.0 Å². The molecule has 1 amide bonds. The van der Waals surface area contributed by atoms with E-state index in [0.717, 1.165) is 16.9 Å². The van der Waals surface area contributed by atoms with E-state index < -0.39 is 0 Å². The lowest BCUT2D eigenvalue weighted by Gasteiger charge is -2.14. The molecule has 0 bridgehead atoms. The number of aliphatic hydroxyl groups is 1. The predicted octanol–water partition coefficient (Wildman–Crippen LogP) is 2.21. The van der Waals surface area contributed by atoms with E-state index in [9.17, 15) is 4.79 Å². The lowest BCUT2D eigenvalue weighted by Crippen LogP contribution is -2.07. The standard InChI is InChI=1S/C17H21N3O3/c1-12(22)20-15-5-2-13(3-6-15)11-19-16-10-14(18)4-7-17(16)23-9-8-21/h2-7,10,19,21H,8-9,11,18H2,1H3,(H,20,22). The number of anilines is 3. The lowest BCUT2D eigenvalue weighted by atomic mass is 10.2. The minimum Gasteiger partial charge on any atom is -0.489 e. The molecule has 0 fully saturated rings. The van der Waals surface area contributed by atoms with Gasteiger partial charge < -0.3 is 26.2 Å². The molecule has 2 aromatic carbocycles. The molecular formula is C17H21N3O3. The summed E-state index contributed by atoms with van der Waals surface area (Å²) in [6.45, 7) is 2.24. The van der Waals surface area contributed by atoms with Crippen LogP contribution in [-0.4, -0.2) is 24.2 Å². The van der Waals surface area contributed by atoms with Gasteiger partial charge in [0.1, 0.15) is 12.4 Å². The first kappa shape index (κ1) is 16.6. The Balaban J connectivity index is 2.02. The Hall–Kier alpha value is -2.73. The molecule has 0 atom stereocenters. The second kappa shape index (κ2) is 8.05. The number of nitrogens with one attached hydrogen (secondary N) is 2. The van der Waals surface area contributed by atoms with Crippen molar-refractivity contribution in [3.05, 3.63) is 48.0 Å². The minimum atomic E-state index is -0.0960. The van der Waals surface area contributed by atoms with Gasteiger partial charge in [0.25, 0.3) is 0 Å². The van der Waals surface area contributed by atoms with Gasteiger partial charge >= 0.3 is 0 Å². The summed E-state index contributed by atoms with van der Waals surface area (Å²) < 4.78 is 5.48. The van der Waals surface area contributed by atoms with E-state index in [1.807, 2.05) is 24.3 Å². The number of rotatable bonds is 7. The highest BCUT2D eigenvalue weighted by Crippen LogP contribution is 2.27. The van der Waals surface area contributed by atoms with Crippen molar-refractivity contribution in [3.63, 3.8) is 0 Å². The van der Waals surface area contributed by atoms with Gasteiger partial charge in [-0.3, -0.25) is 4.79 Å². The molecule has 0 saturated carbocycles. The van der Waals surface area contributed by atoms with Crippen molar-refractivity contribution in [2.45, 2.75) is 13.5 Å². The number of ether oxygens (including phenoxy) is 1. The van der Waals surface area contributed by atoms with Crippen LogP contribution in [0.1, 0.15) is 12.5 Å². The molecule has 0 spiro atoms. The van der Waals surface area contributed by atoms with Crippen LogP contribution in [0.5, 0.6) is 5.75 Å². The fraction of sp³-hybridized carbons (Fsp3) is 0.235. The fourth-order valence-electron chi connectivity index (χ4n) is 2.07. The number of carbonyl (C=O) groups is 1. The molecule has 2 aromatic rings. The van der Waals surface area contributed by atoms with E-state index in [-0.39, 0.29) is 19.1 Å². The van der Waals surface area contributed by atoms with Gasteiger partial charge in [-0.1, -0.05) is 12.1 Å². The molecule has 2 rings (SSSR count). The van der Waals surface area contributed by atoms with Gasteiger partial charge in [0.05, 0.1) is 12.3 Å². The Morgan fingerprint density at radius 1 is 1.22 bits per heavy atom. The van der Waals surface area contributed by atoms with Crippen LogP contribution in [0.2, 0.25) is 0 Å². The van der Waals surface area contributed by atoms with E-state index in [0.29, 0.717) is 18.0 Å². The van der Waals surface area contributed by atoms with Crippen LogP contribution in [0.3, 0.4) is 0 Å². The first-order valence-electron chi connectivity index (χ1n) is 7.32. The Morgan fingerprint density at radius 3 is 2.61 bits per heavy atom. The molecule has 0 aromatic heterocycles. The molecule has 0 radical (unpaired) electrons. The second-order valence-corrected chi connectivity index (χ2v) is 5.06. The molecule has 6 nitrogen and oxygen atoms in total. The van der Waals surface area contributed by atoms with E-state index in [4.69, 9.17) is 15.6 Å². The van der Waals surface area contributed by atoms with Crippen LogP contribution in [0, 0.1) is 0 Å². The SMILES string of the molecule is CC(=O)Nc1ccc(CNc2cc(N)ccc2OCCO)cc1. The number of hydrogen-bond acceptors (Lipinski definition) is 5. The quantitative estimate of drug-likeness (QED) is 0.587. The fourth-order valence-corrected chi connectivity index (χ4v) is 2.07. The van der Waals surface area contributed by atoms with E-state index >= 15 is 0 Å². The summed E-state index contributed by atoms with van der Waals surface area (Å²) in [7, 11) is 0. The highest BCUT2D eigenvalue weighted by atomic mass is 16.5. The molecule has 0 saturated heterocycles. The van der Waals surface area contributed by atoms with Crippen LogP contribution in [-0.2, 0) is 11.3 Å². The maximum Gasteiger partial charge on any atom is 0.221 e. The third kappa shape index (κ3) is 5.19. The average Bonchev–Trinajstić information content (AvgIpc) is 2.53. The Kier molecular flexibility index (Phi) is 5.82. The Morgan fingerprint density at radius 2 is 1.96 bits per heavy atom. The van der Waals surface area contributed by atoms with Crippen LogP contribution < -0.4 is 21.1 Å². The summed E-state index contributed by atoms with van der Waals surface area (Å²) in [4.78, 5) is 11.0. The topological polar surface area (TPSA) is 96.6 Å². The normalized spacial score (nSPS) is 10.2. The minimum absolute atomic E-state index is 0.0472. The van der Waals surface area contributed by atoms with Crippen molar-refractivity contribution in [1.29, 1.82) is 0 Å². The molecule has 23 heavy (non-hydrogen) atoms. The molecule has 0 unspecified atom stereocenters. The molecule has 0 aliphatic heterocycles. The summed E-state index contributed by atoms with van der Waals surface area (Å²) in [6, 6.07) is 12.9. The molecule has 5 N–H and O–H groups in total.